The lowest BCUT2D eigenvalue weighted by Crippen LogP contribution is -2.51. The van der Waals surface area contributed by atoms with Crippen molar-refractivity contribution in [2.45, 2.75) is 102 Å². The van der Waals surface area contributed by atoms with Crippen molar-refractivity contribution in [3.63, 3.8) is 0 Å². The van der Waals surface area contributed by atoms with Gasteiger partial charge in [0.2, 0.25) is 11.8 Å². The lowest BCUT2D eigenvalue weighted by molar-refractivity contribution is -0.144. The molecule has 4 fully saturated rings. The Morgan fingerprint density at radius 1 is 0.600 bits per heavy atom. The predicted molar refractivity (Wildman–Crippen MR) is 332 cm³/mol. The largest absolute Gasteiger partial charge is 0.477 e. The molecular weight excluding hydrogens is 1210 g/mol. The number of likely N-dealkylation sites (tertiary alicyclic amines) is 1. The van der Waals surface area contributed by atoms with E-state index in [2.05, 4.69) is 29.0 Å². The Balaban J connectivity index is 0.000000160. The van der Waals surface area contributed by atoms with Crippen LogP contribution in [-0.2, 0) is 39.7 Å². The molecule has 4 saturated heterocycles. The summed E-state index contributed by atoms with van der Waals surface area (Å²) in [7, 11) is 0. The van der Waals surface area contributed by atoms with Gasteiger partial charge in [-0.2, -0.15) is 0 Å². The zero-order chi connectivity index (χ0) is 60.6. The number of aliphatic imine (C=N–C) groups is 2. The van der Waals surface area contributed by atoms with Crippen molar-refractivity contribution in [2.75, 3.05) is 65.7 Å². The minimum Gasteiger partial charge on any atom is -0.477 e. The van der Waals surface area contributed by atoms with E-state index >= 15 is 0 Å². The molecule has 4 aromatic rings. The highest BCUT2D eigenvalue weighted by Gasteiger charge is 2.56. The van der Waals surface area contributed by atoms with Crippen molar-refractivity contribution < 1.29 is 42.5 Å². The zero-order valence-corrected chi connectivity index (χ0v) is 52.6. The van der Waals surface area contributed by atoms with E-state index < -0.39 is 35.4 Å². The number of fused-ring (bicyclic) bond motifs is 2. The molecule has 0 aromatic heterocycles. The quantitative estimate of drug-likeness (QED) is 0.155. The van der Waals surface area contributed by atoms with Gasteiger partial charge in [0.1, 0.15) is 39.3 Å². The number of hydrogen-bond acceptors (Lipinski definition) is 13. The highest BCUT2D eigenvalue weighted by atomic mass is 35.5. The first-order valence-corrected chi connectivity index (χ1v) is 31.7. The highest BCUT2D eigenvalue weighted by molar-refractivity contribution is 8.18. The van der Waals surface area contributed by atoms with E-state index in [1.807, 2.05) is 125 Å². The zero-order valence-electron chi connectivity index (χ0n) is 48.0. The number of aliphatic carboxylic acids is 1. The van der Waals surface area contributed by atoms with Gasteiger partial charge in [-0.15, -0.1) is 0 Å². The fraction of sp³-hybridized carbons (Fsp3) is 0.452. The third-order valence-corrected chi connectivity index (χ3v) is 19.7. The first-order chi connectivity index (χ1) is 40.6. The highest BCUT2D eigenvalue weighted by Crippen LogP contribution is 2.58. The Kier molecular flexibility index (Phi) is 19.4. The molecule has 23 heteroatoms. The Labute approximate surface area is 523 Å². The fourth-order valence-corrected chi connectivity index (χ4v) is 15.5. The average molecular weight is 1280 g/mol. The summed E-state index contributed by atoms with van der Waals surface area (Å²) in [5, 5.41) is 16.7. The number of nitrogens with one attached hydrogen (secondary N) is 1. The number of benzene rings is 4. The lowest BCUT2D eigenvalue weighted by atomic mass is 9.81. The predicted octanol–water partition coefficient (Wildman–Crippen LogP) is 11.9. The van der Waals surface area contributed by atoms with E-state index in [9.17, 15) is 33.1 Å². The Morgan fingerprint density at radius 2 is 1.00 bits per heavy atom. The minimum absolute atomic E-state index is 0.00356. The molecule has 2 N–H and O–H groups in total. The number of nitrogens with zero attached hydrogens (tertiary/aromatic N) is 7. The van der Waals surface area contributed by atoms with E-state index in [0.29, 0.717) is 106 Å². The van der Waals surface area contributed by atoms with Gasteiger partial charge in [0.05, 0.1) is 51.1 Å². The number of amides is 3. The van der Waals surface area contributed by atoms with Crippen molar-refractivity contribution in [1.82, 2.24) is 29.8 Å². The normalized spacial score (nSPS) is 27.2. The van der Waals surface area contributed by atoms with Gasteiger partial charge in [-0.05, 0) is 120 Å². The molecule has 0 unspecified atom stereocenters. The Morgan fingerprint density at radius 3 is 1.40 bits per heavy atom. The molecule has 12 rings (SSSR count). The number of morpholine rings is 2. The maximum absolute atomic E-state index is 14.9. The van der Waals surface area contributed by atoms with E-state index in [1.54, 1.807) is 9.80 Å². The summed E-state index contributed by atoms with van der Waals surface area (Å²) >= 11 is 27.3. The molecule has 8 aliphatic rings. The molecule has 15 nitrogen and oxygen atoms in total. The van der Waals surface area contributed by atoms with Gasteiger partial charge >= 0.3 is 5.97 Å². The van der Waals surface area contributed by atoms with Gasteiger partial charge in [0.25, 0.3) is 5.91 Å². The van der Waals surface area contributed by atoms with Crippen molar-refractivity contribution >= 4 is 104 Å². The number of rotatable bonds is 10. The van der Waals surface area contributed by atoms with Gasteiger partial charge < -0.3 is 44.4 Å². The molecule has 0 bridgehead atoms. The molecule has 3 amide bonds. The second kappa shape index (κ2) is 26.2. The monoisotopic (exact) mass is 1280 g/mol. The molecule has 8 heterocycles. The molecule has 0 aliphatic carbocycles. The van der Waals surface area contributed by atoms with Gasteiger partial charge in [0.15, 0.2) is 10.3 Å². The van der Waals surface area contributed by atoms with Gasteiger partial charge in [0, 0.05) is 77.1 Å². The third kappa shape index (κ3) is 12.9. The summed E-state index contributed by atoms with van der Waals surface area (Å²) in [4.78, 5) is 71.7. The third-order valence-electron chi connectivity index (χ3n) is 16.5. The molecule has 452 valence electrons. The number of carboxylic acid groups (broad SMARTS) is 1. The van der Waals surface area contributed by atoms with Crippen LogP contribution >= 0.6 is 69.9 Å². The molecule has 0 spiro atoms. The van der Waals surface area contributed by atoms with Crippen LogP contribution in [0.25, 0.3) is 0 Å². The van der Waals surface area contributed by atoms with Crippen LogP contribution in [0, 0.1) is 11.8 Å². The van der Waals surface area contributed by atoms with E-state index in [4.69, 9.17) is 65.9 Å². The number of hydrogen-bond donors (Lipinski definition) is 2. The summed E-state index contributed by atoms with van der Waals surface area (Å²) in [6.45, 7) is 16.7. The summed E-state index contributed by atoms with van der Waals surface area (Å²) in [5.74, 6) is -1.45. The number of allylic oxidation sites excluding steroid dienone is 2. The fourth-order valence-electron chi connectivity index (χ4n) is 12.4. The second-order valence-corrected chi connectivity index (χ2v) is 26.7. The number of carbonyl (C=O) groups is 4. The number of amidine groups is 2. The number of alkyl halides is 2. The van der Waals surface area contributed by atoms with Crippen LogP contribution in [-0.4, -0.2) is 154 Å². The summed E-state index contributed by atoms with van der Waals surface area (Å²) in [5.41, 5.74) is 4.34. The average Bonchev–Trinajstić information content (AvgIpc) is 1.61. The van der Waals surface area contributed by atoms with E-state index in [0.717, 1.165) is 33.6 Å². The number of halogens is 6. The number of ether oxygens (including phenoxy) is 2. The van der Waals surface area contributed by atoms with Crippen LogP contribution in [0.15, 0.2) is 128 Å². The van der Waals surface area contributed by atoms with Crippen LogP contribution in [0.3, 0.4) is 0 Å². The summed E-state index contributed by atoms with van der Waals surface area (Å²) < 4.78 is 38.2. The molecule has 85 heavy (non-hydrogen) atoms. The van der Waals surface area contributed by atoms with Crippen LogP contribution in [0.2, 0.25) is 20.1 Å². The van der Waals surface area contributed by atoms with E-state index in [-0.39, 0.29) is 60.6 Å². The first kappa shape index (κ1) is 62.8. The van der Waals surface area contributed by atoms with Crippen molar-refractivity contribution in [3.8, 4) is 0 Å². The molecular formula is C62H68Cl4F2N8O7S2. The number of carboxylic acids is 1. The molecule has 4 aromatic carbocycles. The molecule has 0 saturated carbocycles. The Hall–Kier alpha value is -5.22. The maximum Gasteiger partial charge on any atom is 0.344 e. The summed E-state index contributed by atoms with van der Waals surface area (Å²) in [6.07, 6.45) is -1.81. The van der Waals surface area contributed by atoms with Gasteiger partial charge in [-0.25, -0.2) is 23.6 Å². The van der Waals surface area contributed by atoms with E-state index in [1.165, 1.54) is 28.4 Å². The smallest absolute Gasteiger partial charge is 0.344 e. The number of thioether (sulfide) groups is 2. The molecule has 8 aliphatic heterocycles. The molecule has 0 radical (unpaired) electrons. The van der Waals surface area contributed by atoms with Crippen molar-refractivity contribution in [1.29, 1.82) is 0 Å². The van der Waals surface area contributed by atoms with Crippen LogP contribution in [0.4, 0.5) is 8.78 Å². The van der Waals surface area contributed by atoms with Gasteiger partial charge in [-0.3, -0.25) is 14.4 Å². The topological polar surface area (TPSA) is 160 Å². The van der Waals surface area contributed by atoms with Crippen LogP contribution in [0.1, 0.15) is 88.7 Å². The summed E-state index contributed by atoms with van der Waals surface area (Å²) in [6, 6.07) is 29.2. The first-order valence-electron chi connectivity index (χ1n) is 28.5. The van der Waals surface area contributed by atoms with Crippen LogP contribution < -0.4 is 5.32 Å². The second-order valence-electron chi connectivity index (χ2n) is 23.0. The number of carbonyl (C=O) groups excluding carboxylic acids is 3. The molecule has 8 atom stereocenters. The maximum atomic E-state index is 14.9. The van der Waals surface area contributed by atoms with Gasteiger partial charge in [-0.1, -0.05) is 123 Å². The van der Waals surface area contributed by atoms with Crippen molar-refractivity contribution in [3.05, 3.63) is 161 Å². The van der Waals surface area contributed by atoms with Crippen LogP contribution in [0.5, 0.6) is 0 Å². The standard InChI is InChI=1S/C31H33Cl2FN4O3S.C22H20Cl2N2O2S.C9H15FN2O2/c1-18(2)25-26(29(40)37-17-23(34)16-24(37)28(39)36-12-14-41-15-13-36)42-30-35-31(3,20-6-10-22(33)11-7-20)27(38(25)30)19-4-8-21(32)9-5-19;1-12(2)17-18(20(27)28)29-21-25-22(3,14-6-10-16(24)11-7-14)19(26(17)21)13-4-8-15(23)9-5-13;10-7-5-8(11-6-7)9(13)12-1-3-14-4-2-12/h4-11,18,23-24,27H,12-17H2,1-3H3;4-12,19H,1-3H3,(H,27,28);7-8,11H,1-6H2/t23-,24-,27+,31-;19-,22+;7-,8-/m010/s1. The Bertz CT molecular complexity index is 3290. The van der Waals surface area contributed by atoms with Crippen molar-refractivity contribution in [2.24, 2.45) is 21.8 Å². The minimum atomic E-state index is -1.26. The lowest BCUT2D eigenvalue weighted by Gasteiger charge is -2.37. The SMILES string of the molecule is CC(C)C1=C(C(=O)N2C[C@@H](F)C[C@H]2C(=O)N2CCOCC2)SC2=N[C@@](C)(c3ccc(Cl)cc3)[C@@H](c3ccc(Cl)cc3)N21.CC(C)C1=C(C(=O)O)SC2=N[C@@](C)(c3ccc(Cl)cc3)[C@@H](c3ccc(Cl)cc3)N21.O=C([C@@H]1C[C@H](F)CN1)N1CCOCC1.